The van der Waals surface area contributed by atoms with Gasteiger partial charge in [-0.3, -0.25) is 0 Å². The van der Waals surface area contributed by atoms with E-state index < -0.39 is 0 Å². The summed E-state index contributed by atoms with van der Waals surface area (Å²) in [6, 6.07) is 5.55. The number of morpholine rings is 1. The number of nitrogens with zero attached hydrogens (tertiary/aromatic N) is 1. The number of nitrogens with one attached hydrogen (secondary N) is 1. The Kier molecular flexibility index (Phi) is 3.97. The van der Waals surface area contributed by atoms with Crippen molar-refractivity contribution < 1.29 is 9.13 Å². The standard InChI is InChI=1S/C13H19FN2O/c1-10-7-12(3-4-13(10)14)16(2)8-11-9-17-6-5-15-11/h3-4,7,11,15H,5-6,8-9H2,1-2H3. The Morgan fingerprint density at radius 2 is 2.35 bits per heavy atom. The SMILES string of the molecule is Cc1cc(N(C)CC2COCCN2)ccc1F. The molecule has 1 aromatic carbocycles. The van der Waals surface area contributed by atoms with Crippen LogP contribution in [0.5, 0.6) is 0 Å². The van der Waals surface area contributed by atoms with Crippen molar-refractivity contribution in [3.8, 4) is 0 Å². The number of anilines is 1. The van der Waals surface area contributed by atoms with Crippen molar-refractivity contribution >= 4 is 5.69 Å². The van der Waals surface area contributed by atoms with E-state index in [4.69, 9.17) is 4.74 Å². The van der Waals surface area contributed by atoms with Crippen LogP contribution in [0.15, 0.2) is 18.2 Å². The lowest BCUT2D eigenvalue weighted by molar-refractivity contribution is 0.0791. The van der Waals surface area contributed by atoms with Gasteiger partial charge in [0.05, 0.1) is 13.2 Å². The Balaban J connectivity index is 1.98. The molecule has 0 aliphatic carbocycles. The van der Waals surface area contributed by atoms with Crippen LogP contribution >= 0.6 is 0 Å². The molecule has 1 aliphatic rings. The van der Waals surface area contributed by atoms with Gasteiger partial charge in [0.15, 0.2) is 0 Å². The van der Waals surface area contributed by atoms with E-state index in [9.17, 15) is 4.39 Å². The molecule has 0 radical (unpaired) electrons. The minimum atomic E-state index is -0.152. The van der Waals surface area contributed by atoms with Crippen LogP contribution < -0.4 is 10.2 Å². The molecule has 1 aromatic rings. The first-order valence-corrected chi connectivity index (χ1v) is 5.95. The second-order valence-electron chi connectivity index (χ2n) is 4.54. The molecule has 4 heteroatoms. The van der Waals surface area contributed by atoms with Crippen LogP contribution in [0, 0.1) is 12.7 Å². The topological polar surface area (TPSA) is 24.5 Å². The summed E-state index contributed by atoms with van der Waals surface area (Å²) in [6.07, 6.45) is 0. The van der Waals surface area contributed by atoms with Crippen LogP contribution in [0.25, 0.3) is 0 Å². The van der Waals surface area contributed by atoms with Gasteiger partial charge in [0, 0.05) is 31.9 Å². The maximum atomic E-state index is 13.2. The van der Waals surface area contributed by atoms with Gasteiger partial charge in [-0.2, -0.15) is 0 Å². The lowest BCUT2D eigenvalue weighted by Crippen LogP contribution is -2.47. The smallest absolute Gasteiger partial charge is 0.126 e. The number of ether oxygens (including phenoxy) is 1. The molecule has 0 spiro atoms. The van der Waals surface area contributed by atoms with Crippen molar-refractivity contribution in [3.63, 3.8) is 0 Å². The molecule has 1 fully saturated rings. The van der Waals surface area contributed by atoms with Gasteiger partial charge >= 0.3 is 0 Å². The molecule has 1 heterocycles. The van der Waals surface area contributed by atoms with Crippen molar-refractivity contribution in [1.82, 2.24) is 5.32 Å². The first-order chi connectivity index (χ1) is 8.16. The van der Waals surface area contributed by atoms with Crippen LogP contribution in [0.4, 0.5) is 10.1 Å². The number of hydrogen-bond acceptors (Lipinski definition) is 3. The molecule has 1 aliphatic heterocycles. The summed E-state index contributed by atoms with van der Waals surface area (Å²) in [7, 11) is 2.02. The summed E-state index contributed by atoms with van der Waals surface area (Å²) in [6.45, 7) is 5.08. The van der Waals surface area contributed by atoms with Gasteiger partial charge < -0.3 is 15.0 Å². The van der Waals surface area contributed by atoms with E-state index in [-0.39, 0.29) is 5.82 Å². The Labute approximate surface area is 102 Å². The predicted octanol–water partition coefficient (Wildman–Crippen LogP) is 1.56. The van der Waals surface area contributed by atoms with Crippen LogP contribution in [0.1, 0.15) is 5.56 Å². The Bertz CT molecular complexity index is 378. The van der Waals surface area contributed by atoms with Gasteiger partial charge in [-0.05, 0) is 30.7 Å². The minimum absolute atomic E-state index is 0.152. The number of benzene rings is 1. The second kappa shape index (κ2) is 5.47. The molecule has 1 atom stereocenters. The van der Waals surface area contributed by atoms with Crippen LogP contribution in [0.2, 0.25) is 0 Å². The predicted molar refractivity (Wildman–Crippen MR) is 67.0 cm³/mol. The molecule has 0 amide bonds. The molecule has 0 saturated carbocycles. The summed E-state index contributed by atoms with van der Waals surface area (Å²) in [5.41, 5.74) is 1.72. The van der Waals surface area contributed by atoms with Crippen molar-refractivity contribution in [3.05, 3.63) is 29.6 Å². The summed E-state index contributed by atoms with van der Waals surface area (Å²) in [4.78, 5) is 2.12. The van der Waals surface area contributed by atoms with Crippen LogP contribution in [-0.2, 0) is 4.74 Å². The number of likely N-dealkylation sites (N-methyl/N-ethyl adjacent to an activating group) is 1. The van der Waals surface area contributed by atoms with Gasteiger partial charge in [-0.25, -0.2) is 4.39 Å². The molecule has 17 heavy (non-hydrogen) atoms. The number of halogens is 1. The summed E-state index contributed by atoms with van der Waals surface area (Å²) >= 11 is 0. The Morgan fingerprint density at radius 1 is 1.53 bits per heavy atom. The first-order valence-electron chi connectivity index (χ1n) is 5.95. The fourth-order valence-electron chi connectivity index (χ4n) is 2.04. The molecular weight excluding hydrogens is 219 g/mol. The number of rotatable bonds is 3. The van der Waals surface area contributed by atoms with Gasteiger partial charge in [0.1, 0.15) is 5.82 Å². The van der Waals surface area contributed by atoms with Crippen molar-refractivity contribution in [2.24, 2.45) is 0 Å². The number of hydrogen-bond donors (Lipinski definition) is 1. The highest BCUT2D eigenvalue weighted by molar-refractivity contribution is 5.48. The fourth-order valence-corrected chi connectivity index (χ4v) is 2.04. The van der Waals surface area contributed by atoms with E-state index in [0.29, 0.717) is 11.6 Å². The minimum Gasteiger partial charge on any atom is -0.378 e. The summed E-state index contributed by atoms with van der Waals surface area (Å²) in [5.74, 6) is -0.152. The fraction of sp³-hybridized carbons (Fsp3) is 0.538. The second-order valence-corrected chi connectivity index (χ2v) is 4.54. The van der Waals surface area contributed by atoms with Crippen LogP contribution in [0.3, 0.4) is 0 Å². The Hall–Kier alpha value is -1.13. The summed E-state index contributed by atoms with van der Waals surface area (Å²) < 4.78 is 18.6. The molecule has 1 saturated heterocycles. The van der Waals surface area contributed by atoms with Gasteiger partial charge in [-0.1, -0.05) is 0 Å². The third-order valence-corrected chi connectivity index (χ3v) is 3.07. The third kappa shape index (κ3) is 3.17. The lowest BCUT2D eigenvalue weighted by atomic mass is 10.2. The van der Waals surface area contributed by atoms with Crippen LogP contribution in [-0.4, -0.2) is 39.4 Å². The van der Waals surface area contributed by atoms with Crippen molar-refractivity contribution in [1.29, 1.82) is 0 Å². The van der Waals surface area contributed by atoms with E-state index >= 15 is 0 Å². The molecule has 1 N–H and O–H groups in total. The highest BCUT2D eigenvalue weighted by atomic mass is 19.1. The van der Waals surface area contributed by atoms with Gasteiger partial charge in [0.25, 0.3) is 0 Å². The maximum Gasteiger partial charge on any atom is 0.126 e. The zero-order chi connectivity index (χ0) is 12.3. The van der Waals surface area contributed by atoms with E-state index in [1.54, 1.807) is 6.92 Å². The van der Waals surface area contributed by atoms with E-state index in [2.05, 4.69) is 10.2 Å². The zero-order valence-corrected chi connectivity index (χ0v) is 10.4. The Morgan fingerprint density at radius 3 is 3.00 bits per heavy atom. The van der Waals surface area contributed by atoms with Gasteiger partial charge in [0.2, 0.25) is 0 Å². The monoisotopic (exact) mass is 238 g/mol. The zero-order valence-electron chi connectivity index (χ0n) is 10.4. The highest BCUT2D eigenvalue weighted by Gasteiger charge is 2.15. The van der Waals surface area contributed by atoms with Crippen molar-refractivity contribution in [2.45, 2.75) is 13.0 Å². The first kappa shape index (κ1) is 12.3. The van der Waals surface area contributed by atoms with Gasteiger partial charge in [-0.15, -0.1) is 0 Å². The number of aryl methyl sites for hydroxylation is 1. The lowest BCUT2D eigenvalue weighted by Gasteiger charge is -2.29. The normalized spacial score (nSPS) is 20.3. The van der Waals surface area contributed by atoms with E-state index in [1.807, 2.05) is 19.2 Å². The molecule has 3 nitrogen and oxygen atoms in total. The van der Waals surface area contributed by atoms with E-state index in [0.717, 1.165) is 32.0 Å². The largest absolute Gasteiger partial charge is 0.378 e. The molecule has 0 aromatic heterocycles. The van der Waals surface area contributed by atoms with E-state index in [1.165, 1.54) is 6.07 Å². The van der Waals surface area contributed by atoms with Crippen molar-refractivity contribution in [2.75, 3.05) is 38.3 Å². The molecular formula is C13H19FN2O. The third-order valence-electron chi connectivity index (χ3n) is 3.07. The quantitative estimate of drug-likeness (QED) is 0.865. The highest BCUT2D eigenvalue weighted by Crippen LogP contribution is 2.17. The average Bonchev–Trinajstić information content (AvgIpc) is 2.34. The summed E-state index contributed by atoms with van der Waals surface area (Å²) in [5, 5.41) is 3.41. The average molecular weight is 238 g/mol. The molecule has 2 rings (SSSR count). The molecule has 1 unspecified atom stereocenters. The molecule has 94 valence electrons. The maximum absolute atomic E-state index is 13.2. The molecule has 0 bridgehead atoms.